The zero-order chi connectivity index (χ0) is 18.4. The maximum absolute atomic E-state index is 12.8. The van der Waals surface area contributed by atoms with Crippen LogP contribution in [0.4, 0.5) is 10.1 Å². The van der Waals surface area contributed by atoms with Gasteiger partial charge in [0, 0.05) is 23.4 Å². The summed E-state index contributed by atoms with van der Waals surface area (Å²) in [5.41, 5.74) is 2.69. The molecule has 0 saturated heterocycles. The fourth-order valence-corrected chi connectivity index (χ4v) is 2.27. The molecule has 0 aliphatic rings. The second kappa shape index (κ2) is 8.24. The summed E-state index contributed by atoms with van der Waals surface area (Å²) >= 11 is 0. The molecule has 5 heteroatoms. The Morgan fingerprint density at radius 3 is 2.36 bits per heavy atom. The Balaban J connectivity index is 2.02. The molecule has 0 unspecified atom stereocenters. The van der Waals surface area contributed by atoms with E-state index in [0.717, 1.165) is 11.1 Å². The van der Waals surface area contributed by atoms with Gasteiger partial charge in [-0.2, -0.15) is 0 Å². The van der Waals surface area contributed by atoms with Gasteiger partial charge < -0.3 is 10.6 Å². The van der Waals surface area contributed by atoms with Crippen LogP contribution >= 0.6 is 0 Å². The van der Waals surface area contributed by atoms with Crippen LogP contribution in [0.2, 0.25) is 0 Å². The monoisotopic (exact) mass is 340 g/mol. The Labute approximate surface area is 146 Å². The first-order chi connectivity index (χ1) is 11.8. The molecule has 0 spiro atoms. The summed E-state index contributed by atoms with van der Waals surface area (Å²) in [6.07, 6.45) is 2.98. The van der Waals surface area contributed by atoms with E-state index in [1.54, 1.807) is 36.4 Å². The van der Waals surface area contributed by atoms with E-state index < -0.39 is 0 Å². The summed E-state index contributed by atoms with van der Waals surface area (Å²) in [5, 5.41) is 5.58. The lowest BCUT2D eigenvalue weighted by Crippen LogP contribution is -2.30. The topological polar surface area (TPSA) is 58.2 Å². The molecule has 25 heavy (non-hydrogen) atoms. The number of halogens is 1. The Morgan fingerprint density at radius 2 is 1.76 bits per heavy atom. The molecular weight excluding hydrogens is 319 g/mol. The molecule has 130 valence electrons. The van der Waals surface area contributed by atoms with E-state index in [-0.39, 0.29) is 23.7 Å². The van der Waals surface area contributed by atoms with Crippen molar-refractivity contribution in [2.75, 3.05) is 5.32 Å². The molecule has 0 aliphatic carbocycles. The molecule has 0 fully saturated rings. The zero-order valence-corrected chi connectivity index (χ0v) is 14.5. The first-order valence-electron chi connectivity index (χ1n) is 8.01. The highest BCUT2D eigenvalue weighted by Crippen LogP contribution is 2.16. The van der Waals surface area contributed by atoms with Gasteiger partial charge in [0.2, 0.25) is 5.91 Å². The molecule has 2 N–H and O–H groups in total. The van der Waals surface area contributed by atoms with Crippen LogP contribution in [0.1, 0.15) is 35.3 Å². The van der Waals surface area contributed by atoms with Crippen LogP contribution in [0.15, 0.2) is 48.5 Å². The number of hydrogen-bond donors (Lipinski definition) is 2. The van der Waals surface area contributed by atoms with Crippen LogP contribution in [0.3, 0.4) is 0 Å². The molecule has 0 heterocycles. The number of carbonyl (C=O) groups is 2. The van der Waals surface area contributed by atoms with Gasteiger partial charge in [0.15, 0.2) is 0 Å². The maximum Gasteiger partial charge on any atom is 0.251 e. The van der Waals surface area contributed by atoms with Crippen molar-refractivity contribution >= 4 is 23.6 Å². The molecule has 2 amide bonds. The van der Waals surface area contributed by atoms with E-state index in [2.05, 4.69) is 10.6 Å². The second-order valence-electron chi connectivity index (χ2n) is 6.03. The van der Waals surface area contributed by atoms with E-state index in [9.17, 15) is 14.0 Å². The van der Waals surface area contributed by atoms with E-state index in [1.165, 1.54) is 18.2 Å². The minimum atomic E-state index is -0.321. The predicted octanol–water partition coefficient (Wildman–Crippen LogP) is 3.92. The number of amides is 2. The fourth-order valence-electron chi connectivity index (χ4n) is 2.27. The number of benzene rings is 2. The highest BCUT2D eigenvalue weighted by molar-refractivity contribution is 6.02. The molecule has 0 saturated carbocycles. The zero-order valence-electron chi connectivity index (χ0n) is 14.5. The lowest BCUT2D eigenvalue weighted by molar-refractivity contribution is -0.111. The summed E-state index contributed by atoms with van der Waals surface area (Å²) in [5.74, 6) is -0.761. The van der Waals surface area contributed by atoms with Crippen molar-refractivity contribution in [3.63, 3.8) is 0 Å². The summed E-state index contributed by atoms with van der Waals surface area (Å²) in [6, 6.07) is 11.0. The molecule has 0 aliphatic heterocycles. The van der Waals surface area contributed by atoms with Crippen molar-refractivity contribution in [2.24, 2.45) is 0 Å². The lowest BCUT2D eigenvalue weighted by atomic mass is 10.1. The average Bonchev–Trinajstić information content (AvgIpc) is 2.53. The third kappa shape index (κ3) is 5.57. The van der Waals surface area contributed by atoms with E-state index >= 15 is 0 Å². The van der Waals surface area contributed by atoms with Gasteiger partial charge in [-0.25, -0.2) is 4.39 Å². The fraction of sp³-hybridized carbons (Fsp3) is 0.200. The summed E-state index contributed by atoms with van der Waals surface area (Å²) in [6.45, 7) is 5.61. The van der Waals surface area contributed by atoms with Gasteiger partial charge in [0.25, 0.3) is 5.91 Å². The van der Waals surface area contributed by atoms with Crippen LogP contribution in [-0.4, -0.2) is 17.9 Å². The number of rotatable bonds is 5. The molecule has 2 rings (SSSR count). The first-order valence-corrected chi connectivity index (χ1v) is 8.01. The SMILES string of the molecule is Cc1cc(NC(=O)/C=C/c2ccc(F)cc2)ccc1C(=O)NC(C)C. The predicted molar refractivity (Wildman–Crippen MR) is 97.8 cm³/mol. The van der Waals surface area contributed by atoms with Crippen molar-refractivity contribution < 1.29 is 14.0 Å². The molecule has 2 aromatic rings. The summed E-state index contributed by atoms with van der Waals surface area (Å²) < 4.78 is 12.8. The molecule has 0 bridgehead atoms. The Hall–Kier alpha value is -2.95. The molecule has 0 aromatic heterocycles. The van der Waals surface area contributed by atoms with Crippen LogP contribution in [0.5, 0.6) is 0 Å². The lowest BCUT2D eigenvalue weighted by Gasteiger charge is -2.11. The highest BCUT2D eigenvalue weighted by Gasteiger charge is 2.10. The molecular formula is C20H21FN2O2. The quantitative estimate of drug-likeness (QED) is 0.811. The number of carbonyl (C=O) groups excluding carboxylic acids is 2. The number of anilines is 1. The molecule has 4 nitrogen and oxygen atoms in total. The van der Waals surface area contributed by atoms with Crippen LogP contribution in [-0.2, 0) is 4.79 Å². The Morgan fingerprint density at radius 1 is 1.08 bits per heavy atom. The van der Waals surface area contributed by atoms with Crippen LogP contribution < -0.4 is 10.6 Å². The van der Waals surface area contributed by atoms with Crippen molar-refractivity contribution in [2.45, 2.75) is 26.8 Å². The number of nitrogens with one attached hydrogen (secondary N) is 2. The van der Waals surface area contributed by atoms with Gasteiger partial charge in [0.1, 0.15) is 5.82 Å². The second-order valence-corrected chi connectivity index (χ2v) is 6.03. The molecule has 2 aromatic carbocycles. The first kappa shape index (κ1) is 18.4. The number of aryl methyl sites for hydroxylation is 1. The smallest absolute Gasteiger partial charge is 0.251 e. The highest BCUT2D eigenvalue weighted by atomic mass is 19.1. The minimum Gasteiger partial charge on any atom is -0.350 e. The van der Waals surface area contributed by atoms with Gasteiger partial charge in [-0.1, -0.05) is 12.1 Å². The average molecular weight is 340 g/mol. The van der Waals surface area contributed by atoms with Crippen molar-refractivity contribution in [3.8, 4) is 0 Å². The van der Waals surface area contributed by atoms with Gasteiger partial charge in [0.05, 0.1) is 0 Å². The molecule has 0 radical (unpaired) electrons. The van der Waals surface area contributed by atoms with Crippen LogP contribution in [0.25, 0.3) is 6.08 Å². The standard InChI is InChI=1S/C20H21FN2O2/c1-13(2)22-20(25)18-10-9-17(12-14(18)3)23-19(24)11-6-15-4-7-16(21)8-5-15/h4-13H,1-3H3,(H,22,25)(H,23,24)/b11-6+. The van der Waals surface area contributed by atoms with E-state index in [0.29, 0.717) is 11.3 Å². The Kier molecular flexibility index (Phi) is 6.06. The normalized spacial score (nSPS) is 10.9. The van der Waals surface area contributed by atoms with Crippen molar-refractivity contribution in [1.29, 1.82) is 0 Å². The third-order valence-corrected chi connectivity index (χ3v) is 3.46. The maximum atomic E-state index is 12.8. The van der Waals surface area contributed by atoms with E-state index in [1.807, 2.05) is 20.8 Å². The largest absolute Gasteiger partial charge is 0.350 e. The Bertz CT molecular complexity index is 796. The van der Waals surface area contributed by atoms with Gasteiger partial charge in [-0.15, -0.1) is 0 Å². The van der Waals surface area contributed by atoms with Crippen molar-refractivity contribution in [3.05, 3.63) is 71.0 Å². The third-order valence-electron chi connectivity index (χ3n) is 3.46. The van der Waals surface area contributed by atoms with Crippen molar-refractivity contribution in [1.82, 2.24) is 5.32 Å². The number of hydrogen-bond acceptors (Lipinski definition) is 2. The van der Waals surface area contributed by atoms with Gasteiger partial charge in [-0.3, -0.25) is 9.59 Å². The summed E-state index contributed by atoms with van der Waals surface area (Å²) in [7, 11) is 0. The van der Waals surface area contributed by atoms with Crippen LogP contribution in [0, 0.1) is 12.7 Å². The van der Waals surface area contributed by atoms with Gasteiger partial charge >= 0.3 is 0 Å². The molecule has 0 atom stereocenters. The minimum absolute atomic E-state index is 0.0582. The summed E-state index contributed by atoms with van der Waals surface area (Å²) in [4.78, 5) is 24.0. The van der Waals surface area contributed by atoms with E-state index in [4.69, 9.17) is 0 Å². The van der Waals surface area contributed by atoms with Gasteiger partial charge in [-0.05, 0) is 68.3 Å².